The first kappa shape index (κ1) is 39.2. The second-order valence-corrected chi connectivity index (χ2v) is 10.2. The lowest BCUT2D eigenvalue weighted by molar-refractivity contribution is 0.643. The number of rotatable bonds is 10. The van der Waals surface area contributed by atoms with Crippen LogP contribution in [0, 0.1) is 12.3 Å². The fourth-order valence-corrected chi connectivity index (χ4v) is 4.03. The highest BCUT2D eigenvalue weighted by atomic mass is 35.5. The number of benzene rings is 2. The highest BCUT2D eigenvalue weighted by Gasteiger charge is 2.04. The van der Waals surface area contributed by atoms with Crippen molar-refractivity contribution < 1.29 is 0 Å². The lowest BCUT2D eigenvalue weighted by atomic mass is 10.1. The van der Waals surface area contributed by atoms with Gasteiger partial charge in [-0.3, -0.25) is 0 Å². The van der Waals surface area contributed by atoms with Gasteiger partial charge in [0.1, 0.15) is 0 Å². The van der Waals surface area contributed by atoms with Gasteiger partial charge in [0.2, 0.25) is 0 Å². The van der Waals surface area contributed by atoms with E-state index in [4.69, 9.17) is 23.6 Å². The average molecular weight is 664 g/mol. The van der Waals surface area contributed by atoms with Gasteiger partial charge in [0.25, 0.3) is 0 Å². The van der Waals surface area contributed by atoms with Gasteiger partial charge in [-0.2, -0.15) is 0 Å². The molecule has 2 aromatic carbocycles. The van der Waals surface area contributed by atoms with Gasteiger partial charge >= 0.3 is 0 Å². The molecule has 46 heavy (non-hydrogen) atoms. The zero-order valence-electron chi connectivity index (χ0n) is 26.3. The molecule has 0 saturated carbocycles. The van der Waals surface area contributed by atoms with Gasteiger partial charge in [-0.25, -0.2) is 14.6 Å². The van der Waals surface area contributed by atoms with Crippen molar-refractivity contribution in [2.45, 2.75) is 46.1 Å². The van der Waals surface area contributed by atoms with E-state index < -0.39 is 0 Å². The quantitative estimate of drug-likeness (QED) is 0.116. The maximum Gasteiger partial charge on any atom is 0.197 e. The van der Waals surface area contributed by atoms with Crippen LogP contribution in [-0.2, 0) is 25.8 Å². The van der Waals surface area contributed by atoms with E-state index in [1.54, 1.807) is 12.4 Å². The summed E-state index contributed by atoms with van der Waals surface area (Å²) in [5.74, 6) is 3.44. The Morgan fingerprint density at radius 3 is 1.80 bits per heavy atom. The first-order valence-electron chi connectivity index (χ1n) is 14.4. The number of nitrogen functional groups attached to an aromatic ring is 2. The zero-order chi connectivity index (χ0) is 31.6. The molecule has 8 N–H and O–H groups in total. The van der Waals surface area contributed by atoms with Crippen molar-refractivity contribution in [3.05, 3.63) is 119 Å². The number of nitrogens with zero attached hydrogens (tertiary/aromatic N) is 5. The van der Waals surface area contributed by atoms with Crippen molar-refractivity contribution in [2.75, 3.05) is 18.0 Å². The number of terminal acetylenes is 1. The molecule has 0 aliphatic rings. The Morgan fingerprint density at radius 2 is 1.33 bits per heavy atom. The van der Waals surface area contributed by atoms with Crippen LogP contribution in [0.15, 0.2) is 90.4 Å². The number of halogens is 2. The molecule has 5 aromatic rings. The van der Waals surface area contributed by atoms with Gasteiger partial charge in [0.15, 0.2) is 11.9 Å². The van der Waals surface area contributed by atoms with Gasteiger partial charge in [-0.15, -0.1) is 42.3 Å². The lowest BCUT2D eigenvalue weighted by Gasteiger charge is -2.01. The third-order valence-corrected chi connectivity index (χ3v) is 6.23. The molecular weight excluding hydrogens is 619 g/mol. The number of hydrogen-bond donors (Lipinski definition) is 5. The van der Waals surface area contributed by atoms with Crippen LogP contribution in [0.4, 0.5) is 11.9 Å². The number of aromatic amines is 2. The van der Waals surface area contributed by atoms with Crippen molar-refractivity contribution in [2.24, 2.45) is 5.73 Å². The van der Waals surface area contributed by atoms with Gasteiger partial charge in [0.05, 0.1) is 24.6 Å². The average Bonchev–Trinajstić information content (AvgIpc) is 3.78. The minimum atomic E-state index is 0. The summed E-state index contributed by atoms with van der Waals surface area (Å²) in [5, 5.41) is 8.41. The number of imidazole rings is 2. The number of H-pyrrole nitrogens is 2. The standard InChI is InChI=1S/C17H20N6.C10H13N.C7H9N3.2ClH/c1-13(9-14-5-3-2-4-6-14)11-23-12-16(21-22-23)8-7-15-10-19-17(18)20-15;1-9(8-11)7-10-5-3-2-4-6-10;1-2-3-4-6-5-9-7(8)10-6;;/h2-6,9-10,12H,7-8,11H2,1H3,(H3,18,19,20);2-7H,8,11H2,1H3;1,5H,3-4H2,(H3,8,9,10);2*1H/b13-9+;9-7+;;;. The summed E-state index contributed by atoms with van der Waals surface area (Å²) < 4.78 is 1.87. The SMILES string of the molecule is C#CCCc1cnc(N)[nH]1.C/C(=C\c1ccccc1)CN.C/C(=C\c1ccccc1)Cn1cc(CCc2cnc(N)[nH]2)nn1.Cl.Cl. The molecule has 0 aliphatic carbocycles. The van der Waals surface area contributed by atoms with E-state index >= 15 is 0 Å². The molecule has 0 radical (unpaired) electrons. The number of allylic oxidation sites excluding steroid dienone is 1. The summed E-state index contributed by atoms with van der Waals surface area (Å²) in [6.45, 7) is 5.50. The third kappa shape index (κ3) is 15.3. The Balaban J connectivity index is 0.000000386. The maximum atomic E-state index is 5.56. The normalized spacial score (nSPS) is 10.7. The number of anilines is 2. The number of nitrogens with two attached hydrogens (primary N) is 3. The van der Waals surface area contributed by atoms with Crippen LogP contribution in [0.3, 0.4) is 0 Å². The Morgan fingerprint density at radius 1 is 0.804 bits per heavy atom. The molecule has 0 spiro atoms. The van der Waals surface area contributed by atoms with Crippen LogP contribution in [0.5, 0.6) is 0 Å². The van der Waals surface area contributed by atoms with Crippen molar-refractivity contribution in [1.29, 1.82) is 0 Å². The van der Waals surface area contributed by atoms with Crippen LogP contribution < -0.4 is 17.2 Å². The van der Waals surface area contributed by atoms with Crippen LogP contribution in [-0.4, -0.2) is 41.5 Å². The molecule has 244 valence electrons. The van der Waals surface area contributed by atoms with E-state index in [1.807, 2.05) is 54.2 Å². The molecule has 12 heteroatoms. The Hall–Kier alpha value is -4.82. The molecule has 0 unspecified atom stereocenters. The Labute approximate surface area is 283 Å². The van der Waals surface area contributed by atoms with E-state index in [-0.39, 0.29) is 24.8 Å². The van der Waals surface area contributed by atoms with Crippen molar-refractivity contribution in [3.63, 3.8) is 0 Å². The molecule has 0 fully saturated rings. The van der Waals surface area contributed by atoms with E-state index in [1.165, 1.54) is 22.3 Å². The first-order chi connectivity index (χ1) is 21.3. The fourth-order valence-electron chi connectivity index (χ4n) is 4.03. The molecule has 3 heterocycles. The van der Waals surface area contributed by atoms with E-state index in [0.29, 0.717) is 18.4 Å². The van der Waals surface area contributed by atoms with E-state index in [0.717, 1.165) is 49.3 Å². The summed E-state index contributed by atoms with van der Waals surface area (Å²) in [4.78, 5) is 13.7. The minimum Gasteiger partial charge on any atom is -0.369 e. The summed E-state index contributed by atoms with van der Waals surface area (Å²) in [5.41, 5.74) is 24.2. The van der Waals surface area contributed by atoms with E-state index in [2.05, 4.69) is 79.5 Å². The third-order valence-electron chi connectivity index (χ3n) is 6.23. The summed E-state index contributed by atoms with van der Waals surface area (Å²) in [6.07, 6.45) is 17.9. The molecule has 0 amide bonds. The summed E-state index contributed by atoms with van der Waals surface area (Å²) >= 11 is 0. The molecule has 0 bridgehead atoms. The maximum absolute atomic E-state index is 5.56. The number of nitrogens with one attached hydrogen (secondary N) is 2. The highest BCUT2D eigenvalue weighted by molar-refractivity contribution is 5.85. The second kappa shape index (κ2) is 21.8. The number of hydrogen-bond acceptors (Lipinski definition) is 7. The monoisotopic (exact) mass is 662 g/mol. The second-order valence-electron chi connectivity index (χ2n) is 10.2. The smallest absolute Gasteiger partial charge is 0.197 e. The van der Waals surface area contributed by atoms with Gasteiger partial charge in [-0.05, 0) is 37.8 Å². The number of aromatic nitrogens is 7. The fraction of sp³-hybridized carbons (Fsp3) is 0.235. The lowest BCUT2D eigenvalue weighted by Crippen LogP contribution is -1.99. The van der Waals surface area contributed by atoms with Gasteiger partial charge in [-0.1, -0.05) is 89.2 Å². The zero-order valence-corrected chi connectivity index (χ0v) is 27.9. The Kier molecular flexibility index (Phi) is 18.6. The summed E-state index contributed by atoms with van der Waals surface area (Å²) in [6, 6.07) is 20.5. The molecule has 3 aromatic heterocycles. The topological polar surface area (TPSA) is 166 Å². The van der Waals surface area contributed by atoms with E-state index in [9.17, 15) is 0 Å². The largest absolute Gasteiger partial charge is 0.369 e. The van der Waals surface area contributed by atoms with Crippen LogP contribution in [0.2, 0.25) is 0 Å². The van der Waals surface area contributed by atoms with Crippen LogP contribution in [0.25, 0.3) is 12.2 Å². The highest BCUT2D eigenvalue weighted by Crippen LogP contribution is 2.09. The molecule has 0 aliphatic heterocycles. The predicted octanol–water partition coefficient (Wildman–Crippen LogP) is 5.92. The molecule has 5 rings (SSSR count). The van der Waals surface area contributed by atoms with Crippen LogP contribution in [0.1, 0.15) is 48.5 Å². The van der Waals surface area contributed by atoms with Crippen molar-refractivity contribution >= 4 is 48.9 Å². The molecule has 0 saturated heterocycles. The van der Waals surface area contributed by atoms with Crippen molar-refractivity contribution in [3.8, 4) is 12.3 Å². The van der Waals surface area contributed by atoms with Crippen molar-refractivity contribution in [1.82, 2.24) is 34.9 Å². The molecule has 0 atom stereocenters. The molecule has 10 nitrogen and oxygen atoms in total. The van der Waals surface area contributed by atoms with Crippen LogP contribution >= 0.6 is 24.8 Å². The first-order valence-corrected chi connectivity index (χ1v) is 14.4. The summed E-state index contributed by atoms with van der Waals surface area (Å²) in [7, 11) is 0. The van der Waals surface area contributed by atoms with Gasteiger partial charge in [0, 0.05) is 37.0 Å². The Bertz CT molecular complexity index is 1630. The van der Waals surface area contributed by atoms with Gasteiger partial charge < -0.3 is 27.2 Å². The number of aryl methyl sites for hydroxylation is 3. The predicted molar refractivity (Wildman–Crippen MR) is 194 cm³/mol. The minimum absolute atomic E-state index is 0. The molecular formula is C34H44Cl2N10.